The molecule has 0 aromatic heterocycles. The molecular formula is C12H23NO4. The summed E-state index contributed by atoms with van der Waals surface area (Å²) < 4.78 is 5.18. The maximum atomic E-state index is 11.6. The van der Waals surface area contributed by atoms with Crippen LogP contribution in [-0.2, 0) is 14.3 Å². The molecular weight excluding hydrogens is 222 g/mol. The molecule has 0 aliphatic carbocycles. The summed E-state index contributed by atoms with van der Waals surface area (Å²) >= 11 is 0. The number of hydrogen-bond donors (Lipinski definition) is 2. The van der Waals surface area contributed by atoms with Crippen LogP contribution in [0.2, 0.25) is 0 Å². The molecule has 17 heavy (non-hydrogen) atoms. The summed E-state index contributed by atoms with van der Waals surface area (Å²) in [7, 11) is 0. The zero-order chi connectivity index (χ0) is 13.5. The summed E-state index contributed by atoms with van der Waals surface area (Å²) in [6, 6.07) is 0. The van der Waals surface area contributed by atoms with Gasteiger partial charge in [-0.2, -0.15) is 0 Å². The molecule has 0 aliphatic heterocycles. The van der Waals surface area contributed by atoms with E-state index in [-0.39, 0.29) is 25.0 Å². The molecule has 1 amide bonds. The van der Waals surface area contributed by atoms with Gasteiger partial charge in [0.25, 0.3) is 0 Å². The fourth-order valence-electron chi connectivity index (χ4n) is 1.58. The number of amides is 1. The van der Waals surface area contributed by atoms with Crippen LogP contribution in [0.3, 0.4) is 0 Å². The molecule has 0 atom stereocenters. The highest BCUT2D eigenvalue weighted by Crippen LogP contribution is 2.19. The lowest BCUT2D eigenvalue weighted by molar-refractivity contribution is -0.139. The summed E-state index contributed by atoms with van der Waals surface area (Å²) in [6.45, 7) is 7.40. The Morgan fingerprint density at radius 2 is 1.82 bits per heavy atom. The SMILES string of the molecule is CCC(CC)(CC(=O)O)NC(=O)COC(C)C. The number of carboxylic acid groups (broad SMARTS) is 1. The lowest BCUT2D eigenvalue weighted by Gasteiger charge is -2.31. The molecule has 0 aromatic carbocycles. The Labute approximate surface area is 103 Å². The molecule has 0 aliphatic rings. The third-order valence-corrected chi connectivity index (χ3v) is 2.80. The average Bonchev–Trinajstić information content (AvgIpc) is 2.24. The van der Waals surface area contributed by atoms with Crippen LogP contribution in [0.1, 0.15) is 47.0 Å². The molecule has 0 heterocycles. The maximum absolute atomic E-state index is 11.6. The number of ether oxygens (including phenoxy) is 1. The van der Waals surface area contributed by atoms with E-state index in [4.69, 9.17) is 9.84 Å². The van der Waals surface area contributed by atoms with Gasteiger partial charge in [-0.25, -0.2) is 0 Å². The van der Waals surface area contributed by atoms with Crippen LogP contribution in [0.4, 0.5) is 0 Å². The summed E-state index contributed by atoms with van der Waals surface area (Å²) in [5.41, 5.74) is -0.663. The summed E-state index contributed by atoms with van der Waals surface area (Å²) in [5.74, 6) is -1.16. The fraction of sp³-hybridized carbons (Fsp3) is 0.833. The van der Waals surface area contributed by atoms with Gasteiger partial charge in [-0.05, 0) is 26.7 Å². The van der Waals surface area contributed by atoms with E-state index in [1.54, 1.807) is 0 Å². The molecule has 100 valence electrons. The van der Waals surface area contributed by atoms with E-state index < -0.39 is 11.5 Å². The molecule has 0 unspecified atom stereocenters. The Morgan fingerprint density at radius 1 is 1.29 bits per heavy atom. The second-order valence-electron chi connectivity index (χ2n) is 4.47. The lowest BCUT2D eigenvalue weighted by atomic mass is 9.89. The molecule has 0 fully saturated rings. The molecule has 0 spiro atoms. The Balaban J connectivity index is 4.42. The lowest BCUT2D eigenvalue weighted by Crippen LogP contribution is -2.50. The number of carboxylic acids is 1. The monoisotopic (exact) mass is 245 g/mol. The first-order valence-corrected chi connectivity index (χ1v) is 5.99. The second kappa shape index (κ2) is 7.27. The molecule has 0 rings (SSSR count). The minimum atomic E-state index is -0.904. The number of carbonyl (C=O) groups is 2. The van der Waals surface area contributed by atoms with Gasteiger partial charge in [0.1, 0.15) is 6.61 Å². The van der Waals surface area contributed by atoms with Gasteiger partial charge in [-0.1, -0.05) is 13.8 Å². The van der Waals surface area contributed by atoms with Gasteiger partial charge >= 0.3 is 5.97 Å². The summed E-state index contributed by atoms with van der Waals surface area (Å²) in [4.78, 5) is 22.4. The topological polar surface area (TPSA) is 75.6 Å². The van der Waals surface area contributed by atoms with Crippen molar-refractivity contribution in [2.24, 2.45) is 0 Å². The summed E-state index contributed by atoms with van der Waals surface area (Å²) in [6.07, 6.45) is 1.10. The quantitative estimate of drug-likeness (QED) is 0.680. The van der Waals surface area contributed by atoms with Crippen molar-refractivity contribution in [1.82, 2.24) is 5.32 Å². The predicted molar refractivity (Wildman–Crippen MR) is 64.8 cm³/mol. The Morgan fingerprint density at radius 3 is 2.18 bits per heavy atom. The first-order valence-electron chi connectivity index (χ1n) is 5.99. The fourth-order valence-corrected chi connectivity index (χ4v) is 1.58. The van der Waals surface area contributed by atoms with Crippen LogP contribution in [0.15, 0.2) is 0 Å². The normalized spacial score (nSPS) is 11.6. The van der Waals surface area contributed by atoms with Gasteiger partial charge in [0.2, 0.25) is 5.91 Å². The first kappa shape index (κ1) is 15.9. The van der Waals surface area contributed by atoms with Gasteiger partial charge in [-0.15, -0.1) is 0 Å². The zero-order valence-corrected chi connectivity index (χ0v) is 11.1. The highest BCUT2D eigenvalue weighted by molar-refractivity contribution is 5.79. The Hall–Kier alpha value is -1.10. The minimum Gasteiger partial charge on any atom is -0.481 e. The third-order valence-electron chi connectivity index (χ3n) is 2.80. The third kappa shape index (κ3) is 6.26. The van der Waals surface area contributed by atoms with Crippen molar-refractivity contribution in [3.63, 3.8) is 0 Å². The second-order valence-corrected chi connectivity index (χ2v) is 4.47. The average molecular weight is 245 g/mol. The molecule has 5 nitrogen and oxygen atoms in total. The number of rotatable bonds is 8. The minimum absolute atomic E-state index is 0.0159. The van der Waals surface area contributed by atoms with Crippen LogP contribution in [0.5, 0.6) is 0 Å². The first-order chi connectivity index (χ1) is 7.85. The van der Waals surface area contributed by atoms with Gasteiger partial charge in [0, 0.05) is 0 Å². The van der Waals surface area contributed by atoms with Crippen molar-refractivity contribution in [3.05, 3.63) is 0 Å². The number of nitrogens with one attached hydrogen (secondary N) is 1. The van der Waals surface area contributed by atoms with Crippen LogP contribution >= 0.6 is 0 Å². The molecule has 0 saturated heterocycles. The smallest absolute Gasteiger partial charge is 0.305 e. The number of carbonyl (C=O) groups excluding carboxylic acids is 1. The van der Waals surface area contributed by atoms with Crippen LogP contribution in [-0.4, -0.2) is 35.2 Å². The van der Waals surface area contributed by atoms with Crippen molar-refractivity contribution in [2.45, 2.75) is 58.6 Å². The van der Waals surface area contributed by atoms with Crippen molar-refractivity contribution in [1.29, 1.82) is 0 Å². The Kier molecular flexibility index (Phi) is 6.80. The van der Waals surface area contributed by atoms with Crippen LogP contribution < -0.4 is 5.32 Å². The van der Waals surface area contributed by atoms with Crippen molar-refractivity contribution < 1.29 is 19.4 Å². The van der Waals surface area contributed by atoms with E-state index in [0.29, 0.717) is 12.8 Å². The highest BCUT2D eigenvalue weighted by atomic mass is 16.5. The van der Waals surface area contributed by atoms with E-state index in [0.717, 1.165) is 0 Å². The van der Waals surface area contributed by atoms with Gasteiger partial charge < -0.3 is 15.2 Å². The highest BCUT2D eigenvalue weighted by Gasteiger charge is 2.30. The van der Waals surface area contributed by atoms with Crippen molar-refractivity contribution in [2.75, 3.05) is 6.61 Å². The van der Waals surface area contributed by atoms with E-state index in [1.165, 1.54) is 0 Å². The van der Waals surface area contributed by atoms with Crippen molar-refractivity contribution >= 4 is 11.9 Å². The Bertz CT molecular complexity index is 259. The maximum Gasteiger partial charge on any atom is 0.305 e. The number of hydrogen-bond acceptors (Lipinski definition) is 3. The van der Waals surface area contributed by atoms with Gasteiger partial charge in [0.15, 0.2) is 0 Å². The molecule has 0 bridgehead atoms. The van der Waals surface area contributed by atoms with Gasteiger partial charge in [0.05, 0.1) is 18.1 Å². The van der Waals surface area contributed by atoms with E-state index in [1.807, 2.05) is 27.7 Å². The molecule has 0 aromatic rings. The zero-order valence-electron chi connectivity index (χ0n) is 11.1. The molecule has 0 saturated carbocycles. The summed E-state index contributed by atoms with van der Waals surface area (Å²) in [5, 5.41) is 11.6. The molecule has 0 radical (unpaired) electrons. The standard InChI is InChI=1S/C12H23NO4/c1-5-12(6-2,7-11(15)16)13-10(14)8-17-9(3)4/h9H,5-8H2,1-4H3,(H,13,14)(H,15,16). The van der Waals surface area contributed by atoms with Gasteiger partial charge in [-0.3, -0.25) is 9.59 Å². The van der Waals surface area contributed by atoms with Crippen molar-refractivity contribution in [3.8, 4) is 0 Å². The van der Waals surface area contributed by atoms with E-state index >= 15 is 0 Å². The molecule has 5 heteroatoms. The predicted octanol–water partition coefficient (Wildman–Crippen LogP) is 1.56. The largest absolute Gasteiger partial charge is 0.481 e. The van der Waals surface area contributed by atoms with Crippen LogP contribution in [0, 0.1) is 0 Å². The number of aliphatic carboxylic acids is 1. The van der Waals surface area contributed by atoms with E-state index in [9.17, 15) is 9.59 Å². The van der Waals surface area contributed by atoms with Crippen LogP contribution in [0.25, 0.3) is 0 Å². The van der Waals surface area contributed by atoms with E-state index in [2.05, 4.69) is 5.32 Å². The molecule has 2 N–H and O–H groups in total.